The van der Waals surface area contributed by atoms with Gasteiger partial charge in [-0.05, 0) is 33.4 Å². The molecule has 4 heteroatoms. The van der Waals surface area contributed by atoms with Crippen LogP contribution in [-0.4, -0.2) is 19.2 Å². The summed E-state index contributed by atoms with van der Waals surface area (Å²) in [6.07, 6.45) is 3.79. The Balaban J connectivity index is 1.30. The maximum Gasteiger partial charge on any atom is 0.407 e. The molecule has 0 unspecified atom stereocenters. The van der Waals surface area contributed by atoms with Crippen molar-refractivity contribution in [2.24, 2.45) is 0 Å². The van der Waals surface area contributed by atoms with Gasteiger partial charge in [0.2, 0.25) is 0 Å². The number of hydrogen-bond acceptors (Lipinski definition) is 3. The smallest absolute Gasteiger partial charge is 0.407 e. The number of fused-ring (bicyclic) bond motifs is 3. The third-order valence-corrected chi connectivity index (χ3v) is 5.28. The fourth-order valence-corrected chi connectivity index (χ4v) is 3.82. The molecule has 0 saturated heterocycles. The number of nitrogens with one attached hydrogen (secondary N) is 1. The second kappa shape index (κ2) is 9.11. The fourth-order valence-electron chi connectivity index (χ4n) is 3.82. The average molecular weight is 394 g/mol. The Kier molecular flexibility index (Phi) is 5.91. The summed E-state index contributed by atoms with van der Waals surface area (Å²) >= 11 is 0. The van der Waals surface area contributed by atoms with Crippen molar-refractivity contribution in [3.8, 4) is 17.2 Å². The van der Waals surface area contributed by atoms with E-state index in [-0.39, 0.29) is 5.92 Å². The molecule has 30 heavy (non-hydrogen) atoms. The van der Waals surface area contributed by atoms with E-state index in [2.05, 4.69) is 35.7 Å². The molecule has 0 fully saturated rings. The molecule has 0 aromatic heterocycles. The van der Waals surface area contributed by atoms with Crippen LogP contribution in [0.15, 0.2) is 78.9 Å². The van der Waals surface area contributed by atoms with Gasteiger partial charge in [0.05, 0.1) is 12.5 Å². The molecule has 1 N–H and O–H groups in total. The molecule has 0 saturated carbocycles. The summed E-state index contributed by atoms with van der Waals surface area (Å²) in [4.78, 5) is 12.2. The zero-order valence-corrected chi connectivity index (χ0v) is 16.5. The van der Waals surface area contributed by atoms with E-state index in [1.54, 1.807) is 0 Å². The summed E-state index contributed by atoms with van der Waals surface area (Å²) in [6, 6.07) is 26.5. The van der Waals surface area contributed by atoms with Gasteiger partial charge in [-0.3, -0.25) is 0 Å². The van der Waals surface area contributed by atoms with Crippen molar-refractivity contribution >= 4 is 12.2 Å². The second-order valence-corrected chi connectivity index (χ2v) is 7.19. The van der Waals surface area contributed by atoms with Gasteiger partial charge in [-0.2, -0.15) is 5.26 Å². The first-order valence-corrected chi connectivity index (χ1v) is 9.97. The van der Waals surface area contributed by atoms with E-state index in [1.165, 1.54) is 22.3 Å². The van der Waals surface area contributed by atoms with Crippen molar-refractivity contribution in [1.82, 2.24) is 5.32 Å². The van der Waals surface area contributed by atoms with Crippen LogP contribution in [0.2, 0.25) is 0 Å². The Morgan fingerprint density at radius 1 is 0.967 bits per heavy atom. The van der Waals surface area contributed by atoms with Crippen LogP contribution in [0, 0.1) is 11.3 Å². The van der Waals surface area contributed by atoms with Gasteiger partial charge in [-0.15, -0.1) is 0 Å². The van der Waals surface area contributed by atoms with E-state index in [1.807, 2.05) is 60.7 Å². The SMILES string of the molecule is N#CCc1ccc(C=CCNC(=O)OCC2c3ccccc3-c3ccccc32)cc1. The first kappa shape index (κ1) is 19.5. The van der Waals surface area contributed by atoms with Gasteiger partial charge in [-0.1, -0.05) is 84.9 Å². The van der Waals surface area contributed by atoms with Crippen molar-refractivity contribution in [2.45, 2.75) is 12.3 Å². The number of benzene rings is 3. The zero-order valence-electron chi connectivity index (χ0n) is 16.5. The van der Waals surface area contributed by atoms with Crippen LogP contribution in [-0.2, 0) is 11.2 Å². The molecule has 1 aliphatic carbocycles. The van der Waals surface area contributed by atoms with Gasteiger partial charge in [0, 0.05) is 12.5 Å². The van der Waals surface area contributed by atoms with Crippen LogP contribution < -0.4 is 5.32 Å². The lowest BCUT2D eigenvalue weighted by Gasteiger charge is -2.14. The third-order valence-electron chi connectivity index (χ3n) is 5.28. The number of ether oxygens (including phenoxy) is 1. The second-order valence-electron chi connectivity index (χ2n) is 7.19. The van der Waals surface area contributed by atoms with Crippen LogP contribution >= 0.6 is 0 Å². The standard InChI is InChI=1S/C26H22N2O2/c27-16-15-20-13-11-19(12-14-20)6-5-17-28-26(29)30-18-25-23-9-3-1-7-21(23)22-8-2-4-10-24(22)25/h1-14,25H,15,17-18H2,(H,28,29). The first-order chi connectivity index (χ1) is 14.8. The number of amides is 1. The van der Waals surface area contributed by atoms with Crippen LogP contribution in [0.5, 0.6) is 0 Å². The molecule has 0 aliphatic heterocycles. The van der Waals surface area contributed by atoms with Crippen LogP contribution in [0.4, 0.5) is 4.79 Å². The maximum absolute atomic E-state index is 12.2. The minimum atomic E-state index is -0.425. The number of rotatable bonds is 6. The molecule has 3 aromatic rings. The van der Waals surface area contributed by atoms with Crippen molar-refractivity contribution < 1.29 is 9.53 Å². The van der Waals surface area contributed by atoms with E-state index in [0.29, 0.717) is 19.6 Å². The highest BCUT2D eigenvalue weighted by Crippen LogP contribution is 2.44. The largest absolute Gasteiger partial charge is 0.449 e. The highest BCUT2D eigenvalue weighted by molar-refractivity contribution is 5.79. The summed E-state index contributed by atoms with van der Waals surface area (Å²) in [5, 5.41) is 11.5. The lowest BCUT2D eigenvalue weighted by atomic mass is 9.98. The molecular weight excluding hydrogens is 372 g/mol. The molecule has 4 nitrogen and oxygen atoms in total. The molecule has 4 rings (SSSR count). The van der Waals surface area contributed by atoms with Crippen molar-refractivity contribution in [2.75, 3.05) is 13.2 Å². The van der Waals surface area contributed by atoms with Gasteiger partial charge < -0.3 is 10.1 Å². The fraction of sp³-hybridized carbons (Fsp3) is 0.154. The van der Waals surface area contributed by atoms with E-state index < -0.39 is 6.09 Å². The van der Waals surface area contributed by atoms with E-state index >= 15 is 0 Å². The van der Waals surface area contributed by atoms with E-state index in [4.69, 9.17) is 10.00 Å². The average Bonchev–Trinajstić information content (AvgIpc) is 3.10. The summed E-state index contributed by atoms with van der Waals surface area (Å²) < 4.78 is 5.52. The maximum atomic E-state index is 12.2. The lowest BCUT2D eigenvalue weighted by molar-refractivity contribution is 0.144. The van der Waals surface area contributed by atoms with Crippen LogP contribution in [0.25, 0.3) is 17.2 Å². The van der Waals surface area contributed by atoms with Gasteiger partial charge in [0.15, 0.2) is 0 Å². The number of nitrogens with zero attached hydrogens (tertiary/aromatic N) is 1. The molecule has 0 radical (unpaired) electrons. The minimum Gasteiger partial charge on any atom is -0.449 e. The summed E-state index contributed by atoms with van der Waals surface area (Å²) in [6.45, 7) is 0.695. The Bertz CT molecular complexity index is 1060. The lowest BCUT2D eigenvalue weighted by Crippen LogP contribution is -2.26. The molecule has 0 heterocycles. The Hall–Kier alpha value is -3.84. The number of carbonyl (C=O) groups excluding carboxylic acids is 1. The Labute approximate surface area is 176 Å². The molecule has 1 aliphatic rings. The minimum absolute atomic E-state index is 0.0608. The quantitative estimate of drug-likeness (QED) is 0.617. The number of carbonyl (C=O) groups is 1. The summed E-state index contributed by atoms with van der Waals surface area (Å²) in [7, 11) is 0. The topological polar surface area (TPSA) is 62.1 Å². The van der Waals surface area contributed by atoms with Crippen LogP contribution in [0.3, 0.4) is 0 Å². The summed E-state index contributed by atoms with van der Waals surface area (Å²) in [5.74, 6) is 0.0608. The van der Waals surface area contributed by atoms with Gasteiger partial charge >= 0.3 is 6.09 Å². The predicted octanol–water partition coefficient (Wildman–Crippen LogP) is 5.30. The van der Waals surface area contributed by atoms with Gasteiger partial charge in [0.25, 0.3) is 0 Å². The highest BCUT2D eigenvalue weighted by atomic mass is 16.5. The van der Waals surface area contributed by atoms with Crippen LogP contribution in [0.1, 0.15) is 28.2 Å². The zero-order chi connectivity index (χ0) is 20.8. The Morgan fingerprint density at radius 3 is 2.23 bits per heavy atom. The molecule has 0 spiro atoms. The summed E-state index contributed by atoms with van der Waals surface area (Å²) in [5.41, 5.74) is 6.84. The van der Waals surface area contributed by atoms with Crippen molar-refractivity contribution in [3.05, 3.63) is 101 Å². The molecule has 148 valence electrons. The molecule has 1 amide bonds. The highest BCUT2D eigenvalue weighted by Gasteiger charge is 2.28. The van der Waals surface area contributed by atoms with Crippen molar-refractivity contribution in [3.63, 3.8) is 0 Å². The predicted molar refractivity (Wildman–Crippen MR) is 118 cm³/mol. The molecule has 0 atom stereocenters. The van der Waals surface area contributed by atoms with Gasteiger partial charge in [-0.25, -0.2) is 4.79 Å². The third kappa shape index (κ3) is 4.26. The molecule has 0 bridgehead atoms. The van der Waals surface area contributed by atoms with Gasteiger partial charge in [0.1, 0.15) is 6.61 Å². The van der Waals surface area contributed by atoms with E-state index in [9.17, 15) is 4.79 Å². The molecular formula is C26H22N2O2. The van der Waals surface area contributed by atoms with E-state index in [0.717, 1.165) is 11.1 Å². The first-order valence-electron chi connectivity index (χ1n) is 9.97. The number of hydrogen-bond donors (Lipinski definition) is 1. The molecule has 3 aromatic carbocycles. The Morgan fingerprint density at radius 2 is 1.60 bits per heavy atom. The van der Waals surface area contributed by atoms with Crippen molar-refractivity contribution in [1.29, 1.82) is 5.26 Å². The normalized spacial score (nSPS) is 12.2. The number of alkyl carbamates (subject to hydrolysis) is 1. The monoisotopic (exact) mass is 394 g/mol. The number of nitriles is 1.